The number of anilines is 2. The molecule has 0 saturated carbocycles. The van der Waals surface area contributed by atoms with Gasteiger partial charge >= 0.3 is 0 Å². The summed E-state index contributed by atoms with van der Waals surface area (Å²) in [6, 6.07) is 18.5. The van der Waals surface area contributed by atoms with E-state index in [2.05, 4.69) is 15.6 Å². The van der Waals surface area contributed by atoms with E-state index in [-0.39, 0.29) is 12.2 Å². The Kier molecular flexibility index (Phi) is 8.43. The highest BCUT2D eigenvalue weighted by Gasteiger charge is 2.21. The van der Waals surface area contributed by atoms with Gasteiger partial charge in [0.25, 0.3) is 5.91 Å². The second-order valence-electron chi connectivity index (χ2n) is 8.85. The molecule has 0 spiro atoms. The highest BCUT2D eigenvalue weighted by molar-refractivity contribution is 6.30. The summed E-state index contributed by atoms with van der Waals surface area (Å²) >= 11 is 6.25. The number of halogens is 3. The van der Waals surface area contributed by atoms with Crippen LogP contribution in [0.1, 0.15) is 46.1 Å². The number of amides is 1. The molecule has 9 heteroatoms. The van der Waals surface area contributed by atoms with Crippen molar-refractivity contribution in [2.24, 2.45) is 0 Å². The Balaban J connectivity index is 1.56. The predicted octanol–water partition coefficient (Wildman–Crippen LogP) is 6.63. The van der Waals surface area contributed by atoms with Gasteiger partial charge in [-0.3, -0.25) is 4.79 Å². The van der Waals surface area contributed by atoms with Crippen LogP contribution < -0.4 is 21.1 Å². The average molecular weight is 537 g/mol. The minimum atomic E-state index is -0.980. The molecule has 0 bridgehead atoms. The lowest BCUT2D eigenvalue weighted by molar-refractivity contribution is 0.0940. The van der Waals surface area contributed by atoms with E-state index in [4.69, 9.17) is 22.1 Å². The van der Waals surface area contributed by atoms with Gasteiger partial charge in [-0.2, -0.15) is 0 Å². The molecule has 3 aromatic carbocycles. The fourth-order valence-corrected chi connectivity index (χ4v) is 4.04. The van der Waals surface area contributed by atoms with Crippen molar-refractivity contribution in [2.45, 2.75) is 25.9 Å². The van der Waals surface area contributed by atoms with Gasteiger partial charge in [0.15, 0.2) is 11.6 Å². The second kappa shape index (κ2) is 11.9. The second-order valence-corrected chi connectivity index (χ2v) is 9.29. The van der Waals surface area contributed by atoms with Crippen molar-refractivity contribution < 1.29 is 18.3 Å². The molecule has 0 unspecified atom stereocenters. The van der Waals surface area contributed by atoms with E-state index in [0.29, 0.717) is 27.8 Å². The number of aryl methyl sites for hydroxylation is 1. The van der Waals surface area contributed by atoms with Crippen molar-refractivity contribution in [1.82, 2.24) is 10.3 Å². The van der Waals surface area contributed by atoms with Crippen molar-refractivity contribution >= 4 is 29.0 Å². The quantitative estimate of drug-likeness (QED) is 0.209. The van der Waals surface area contributed by atoms with E-state index in [9.17, 15) is 13.6 Å². The van der Waals surface area contributed by atoms with E-state index in [1.165, 1.54) is 6.07 Å². The Morgan fingerprint density at radius 2 is 1.84 bits per heavy atom. The number of rotatable bonds is 9. The van der Waals surface area contributed by atoms with Crippen LogP contribution in [0.15, 0.2) is 79.0 Å². The molecule has 0 aliphatic rings. The van der Waals surface area contributed by atoms with Crippen LogP contribution in [0.4, 0.5) is 20.3 Å². The first-order valence-corrected chi connectivity index (χ1v) is 12.3. The van der Waals surface area contributed by atoms with Crippen LogP contribution in [0.3, 0.4) is 0 Å². The van der Waals surface area contributed by atoms with E-state index >= 15 is 0 Å². The number of benzene rings is 3. The van der Waals surface area contributed by atoms with E-state index in [0.717, 1.165) is 23.3 Å². The maximum atomic E-state index is 13.7. The van der Waals surface area contributed by atoms with Crippen LogP contribution in [-0.2, 0) is 0 Å². The van der Waals surface area contributed by atoms with Gasteiger partial charge in [-0.15, -0.1) is 0 Å². The van der Waals surface area contributed by atoms with E-state index in [1.54, 1.807) is 43.5 Å². The number of nitrogen functional groups attached to an aromatic ring is 1. The molecule has 0 aliphatic heterocycles. The fourth-order valence-electron chi connectivity index (χ4n) is 3.84. The minimum Gasteiger partial charge on any atom is -0.491 e. The number of hydrogen-bond donors (Lipinski definition) is 3. The van der Waals surface area contributed by atoms with Crippen LogP contribution in [-0.4, -0.2) is 17.5 Å². The van der Waals surface area contributed by atoms with Gasteiger partial charge in [-0.1, -0.05) is 35.9 Å². The fraction of sp³-hybridized carbons (Fsp3) is 0.172. The third kappa shape index (κ3) is 6.58. The Labute approximate surface area is 224 Å². The molecule has 4 rings (SSSR count). The van der Waals surface area contributed by atoms with Crippen molar-refractivity contribution in [2.75, 3.05) is 17.7 Å². The molecule has 6 nitrogen and oxygen atoms in total. The lowest BCUT2D eigenvalue weighted by Crippen LogP contribution is -2.29. The predicted molar refractivity (Wildman–Crippen MR) is 145 cm³/mol. The monoisotopic (exact) mass is 536 g/mol. The lowest BCUT2D eigenvalue weighted by atomic mass is 10.1. The Morgan fingerprint density at radius 3 is 2.58 bits per heavy atom. The summed E-state index contributed by atoms with van der Waals surface area (Å²) in [5.74, 6) is -1.45. The Bertz CT molecular complexity index is 1450. The summed E-state index contributed by atoms with van der Waals surface area (Å²) in [7, 11) is 0. The highest BCUT2D eigenvalue weighted by Crippen LogP contribution is 2.26. The Hall–Kier alpha value is -4.17. The van der Waals surface area contributed by atoms with Crippen LogP contribution in [0.2, 0.25) is 5.02 Å². The third-order valence-electron chi connectivity index (χ3n) is 6.07. The maximum absolute atomic E-state index is 13.7. The van der Waals surface area contributed by atoms with Crippen molar-refractivity contribution in [1.29, 1.82) is 0 Å². The van der Waals surface area contributed by atoms with Crippen LogP contribution in [0, 0.1) is 18.6 Å². The summed E-state index contributed by atoms with van der Waals surface area (Å²) < 4.78 is 33.1. The van der Waals surface area contributed by atoms with Gasteiger partial charge in [0.1, 0.15) is 18.2 Å². The first-order valence-electron chi connectivity index (χ1n) is 11.9. The topological polar surface area (TPSA) is 89.3 Å². The molecule has 1 amide bonds. The lowest BCUT2D eigenvalue weighted by Gasteiger charge is -2.23. The van der Waals surface area contributed by atoms with E-state index in [1.807, 2.05) is 31.2 Å². The molecule has 0 fully saturated rings. The molecule has 196 valence electrons. The highest BCUT2D eigenvalue weighted by atomic mass is 35.5. The molecule has 0 aliphatic carbocycles. The number of carbonyl (C=O) groups is 1. The number of ether oxygens (including phenoxy) is 1. The van der Waals surface area contributed by atoms with Crippen LogP contribution >= 0.6 is 11.6 Å². The summed E-state index contributed by atoms with van der Waals surface area (Å²) in [6.45, 7) is 3.78. The van der Waals surface area contributed by atoms with Gasteiger partial charge in [0.05, 0.1) is 17.6 Å². The van der Waals surface area contributed by atoms with Gasteiger partial charge in [-0.05, 0) is 73.0 Å². The number of carbonyl (C=O) groups excluding carboxylic acids is 1. The Morgan fingerprint density at radius 1 is 1.03 bits per heavy atom. The summed E-state index contributed by atoms with van der Waals surface area (Å²) in [4.78, 5) is 17.6. The number of aromatic nitrogens is 1. The van der Waals surface area contributed by atoms with E-state index < -0.39 is 29.6 Å². The first-order chi connectivity index (χ1) is 18.2. The number of nitrogens with two attached hydrogens (primary N) is 1. The SMILES string of the molecule is Cc1ccc(OC[C@H](Nc2ncccc2C(=O)N[C@@H](C)c2ccc(F)c(F)c2)c2cccc(Cl)c2)cc1N. The smallest absolute Gasteiger partial charge is 0.255 e. The van der Waals surface area contributed by atoms with Gasteiger partial charge < -0.3 is 21.1 Å². The minimum absolute atomic E-state index is 0.186. The van der Waals surface area contributed by atoms with Gasteiger partial charge in [0.2, 0.25) is 0 Å². The molecule has 2 atom stereocenters. The van der Waals surface area contributed by atoms with Crippen molar-refractivity contribution in [3.05, 3.63) is 118 Å². The summed E-state index contributed by atoms with van der Waals surface area (Å²) in [5, 5.41) is 6.67. The van der Waals surface area contributed by atoms with Crippen molar-refractivity contribution in [3.8, 4) is 5.75 Å². The number of nitrogens with one attached hydrogen (secondary N) is 2. The van der Waals surface area contributed by atoms with Crippen LogP contribution in [0.25, 0.3) is 0 Å². The number of hydrogen-bond acceptors (Lipinski definition) is 5. The molecular weight excluding hydrogens is 510 g/mol. The molecular formula is C29H27ClF2N4O2. The molecule has 0 saturated heterocycles. The number of pyridine rings is 1. The van der Waals surface area contributed by atoms with Crippen molar-refractivity contribution in [3.63, 3.8) is 0 Å². The zero-order chi connectivity index (χ0) is 27.2. The first kappa shape index (κ1) is 26.9. The third-order valence-corrected chi connectivity index (χ3v) is 6.31. The average Bonchev–Trinajstić information content (AvgIpc) is 2.90. The molecule has 38 heavy (non-hydrogen) atoms. The molecule has 1 heterocycles. The normalized spacial score (nSPS) is 12.4. The summed E-state index contributed by atoms with van der Waals surface area (Å²) in [5.41, 5.74) is 9.12. The van der Waals surface area contributed by atoms with Gasteiger partial charge in [0, 0.05) is 23.0 Å². The van der Waals surface area contributed by atoms with Crippen LogP contribution in [0.5, 0.6) is 5.75 Å². The zero-order valence-corrected chi connectivity index (χ0v) is 21.6. The maximum Gasteiger partial charge on any atom is 0.255 e. The molecule has 4 aromatic rings. The molecule has 1 aromatic heterocycles. The number of nitrogens with zero attached hydrogens (tertiary/aromatic N) is 1. The zero-order valence-electron chi connectivity index (χ0n) is 20.8. The molecule has 0 radical (unpaired) electrons. The van der Waals surface area contributed by atoms with Gasteiger partial charge in [-0.25, -0.2) is 13.8 Å². The summed E-state index contributed by atoms with van der Waals surface area (Å²) in [6.07, 6.45) is 1.56. The standard InChI is InChI=1S/C29H27ClF2N4O2/c1-17-8-10-22(15-26(17)33)38-16-27(20-5-3-6-21(30)13-20)36-28-23(7-4-12-34-28)29(37)35-18(2)19-9-11-24(31)25(32)14-19/h3-15,18,27H,16,33H2,1-2H3,(H,34,36)(H,35,37)/t18-,27-/m0/s1. The molecule has 4 N–H and O–H groups in total. The largest absolute Gasteiger partial charge is 0.491 e.